The fourth-order valence-corrected chi connectivity index (χ4v) is 3.44. The number of carboxylic acid groups (broad SMARTS) is 1. The molecule has 0 aliphatic carbocycles. The van der Waals surface area contributed by atoms with Gasteiger partial charge in [0.25, 0.3) is 5.69 Å². The van der Waals surface area contributed by atoms with Crippen LogP contribution in [0.2, 0.25) is 0 Å². The predicted molar refractivity (Wildman–Crippen MR) is 80.8 cm³/mol. The van der Waals surface area contributed by atoms with E-state index in [0.29, 0.717) is 0 Å². The molecule has 0 atom stereocenters. The lowest BCUT2D eigenvalue weighted by Crippen LogP contribution is -2.43. The molecule has 0 spiro atoms. The van der Waals surface area contributed by atoms with Crippen molar-refractivity contribution in [3.8, 4) is 5.75 Å². The van der Waals surface area contributed by atoms with E-state index in [1.165, 1.54) is 0 Å². The topological polar surface area (TPSA) is 144 Å². The largest absolute Gasteiger partial charge is 0.477 e. The van der Waals surface area contributed by atoms with Crippen LogP contribution in [-0.2, 0) is 14.6 Å². The molecule has 0 saturated carbocycles. The second-order valence-electron chi connectivity index (χ2n) is 5.14. The number of ether oxygens (including phenoxy) is 1. The van der Waals surface area contributed by atoms with Gasteiger partial charge in [-0.05, 0) is 12.1 Å². The van der Waals surface area contributed by atoms with Gasteiger partial charge in [-0.15, -0.1) is 0 Å². The Morgan fingerprint density at radius 1 is 1.29 bits per heavy atom. The number of carbonyl (C=O) groups excluding carboxylic acids is 1. The Kier molecular flexibility index (Phi) is 5.14. The Bertz CT molecular complexity index is 775. The maximum Gasteiger partial charge on any atom is 0.342 e. The van der Waals surface area contributed by atoms with Crippen LogP contribution in [0, 0.1) is 10.1 Å². The van der Waals surface area contributed by atoms with Crippen LogP contribution in [0.1, 0.15) is 10.4 Å². The maximum atomic E-state index is 11.8. The predicted octanol–water partition coefficient (Wildman–Crippen LogP) is -0.0712. The molecule has 1 N–H and O–H groups in total. The van der Waals surface area contributed by atoms with Crippen molar-refractivity contribution in [3.05, 3.63) is 33.9 Å². The first-order chi connectivity index (χ1) is 11.2. The van der Waals surface area contributed by atoms with Crippen LogP contribution in [0.5, 0.6) is 5.75 Å². The summed E-state index contributed by atoms with van der Waals surface area (Å²) in [5, 5.41) is 19.8. The highest BCUT2D eigenvalue weighted by Gasteiger charge is 2.25. The molecule has 1 aliphatic rings. The number of nitro groups is 1. The molecule has 130 valence electrons. The van der Waals surface area contributed by atoms with E-state index in [0.717, 1.165) is 18.2 Å². The van der Waals surface area contributed by atoms with Gasteiger partial charge in [0.1, 0.15) is 11.3 Å². The molecular weight excluding hydrogens is 344 g/mol. The van der Waals surface area contributed by atoms with Gasteiger partial charge >= 0.3 is 11.9 Å². The molecule has 1 heterocycles. The van der Waals surface area contributed by atoms with Crippen molar-refractivity contribution in [3.63, 3.8) is 0 Å². The normalized spacial score (nSPS) is 17.2. The average Bonchev–Trinajstić information content (AvgIpc) is 2.49. The summed E-state index contributed by atoms with van der Waals surface area (Å²) < 4.78 is 27.6. The summed E-state index contributed by atoms with van der Waals surface area (Å²) >= 11 is 0. The Morgan fingerprint density at radius 3 is 2.46 bits per heavy atom. The number of carboxylic acids is 1. The Morgan fingerprint density at radius 2 is 1.92 bits per heavy atom. The van der Waals surface area contributed by atoms with Crippen molar-refractivity contribution in [2.24, 2.45) is 0 Å². The minimum absolute atomic E-state index is 0.0426. The van der Waals surface area contributed by atoms with Crippen LogP contribution in [0.3, 0.4) is 0 Å². The molecule has 1 fully saturated rings. The second kappa shape index (κ2) is 6.93. The number of nitrogens with zero attached hydrogens (tertiary/aromatic N) is 2. The molecule has 1 aromatic carbocycles. The third kappa shape index (κ3) is 4.49. The van der Waals surface area contributed by atoms with Gasteiger partial charge in [0.15, 0.2) is 9.84 Å². The van der Waals surface area contributed by atoms with Crippen LogP contribution in [0.15, 0.2) is 18.2 Å². The van der Waals surface area contributed by atoms with Crippen LogP contribution < -0.4 is 4.74 Å². The van der Waals surface area contributed by atoms with Crippen molar-refractivity contribution in [2.45, 2.75) is 0 Å². The van der Waals surface area contributed by atoms with E-state index in [1.54, 1.807) is 4.90 Å². The number of esters is 1. The van der Waals surface area contributed by atoms with Gasteiger partial charge in [-0.25, -0.2) is 13.2 Å². The van der Waals surface area contributed by atoms with Crippen LogP contribution in [0.4, 0.5) is 5.69 Å². The van der Waals surface area contributed by atoms with Crippen molar-refractivity contribution in [1.29, 1.82) is 0 Å². The summed E-state index contributed by atoms with van der Waals surface area (Å²) in [5.74, 6) is -2.42. The molecule has 24 heavy (non-hydrogen) atoms. The third-order valence-corrected chi connectivity index (χ3v) is 5.03. The zero-order valence-corrected chi connectivity index (χ0v) is 13.2. The fraction of sp³-hybridized carbons (Fsp3) is 0.385. The molecule has 1 aliphatic heterocycles. The number of carbonyl (C=O) groups is 2. The van der Waals surface area contributed by atoms with E-state index in [9.17, 15) is 28.1 Å². The van der Waals surface area contributed by atoms with E-state index >= 15 is 0 Å². The lowest BCUT2D eigenvalue weighted by molar-refractivity contribution is -0.385. The van der Waals surface area contributed by atoms with Crippen LogP contribution in [0.25, 0.3) is 0 Å². The van der Waals surface area contributed by atoms with E-state index in [1.807, 2.05) is 0 Å². The lowest BCUT2D eigenvalue weighted by atomic mass is 10.2. The number of hydrogen-bond acceptors (Lipinski definition) is 8. The van der Waals surface area contributed by atoms with Crippen molar-refractivity contribution >= 4 is 27.5 Å². The fourth-order valence-electron chi connectivity index (χ4n) is 2.16. The molecule has 1 saturated heterocycles. The standard InChI is InChI=1S/C13H14N2O8S/c16-12(8-14-3-5-24(21,22)6-4-14)23-9-1-2-10(13(17)18)11(7-9)15(19)20/h1-2,7H,3-6,8H2,(H,17,18). The minimum Gasteiger partial charge on any atom is -0.477 e. The minimum atomic E-state index is -3.06. The molecule has 11 heteroatoms. The Labute approximate surface area is 136 Å². The zero-order chi connectivity index (χ0) is 17.9. The van der Waals surface area contributed by atoms with Gasteiger partial charge in [-0.3, -0.25) is 19.8 Å². The highest BCUT2D eigenvalue weighted by molar-refractivity contribution is 7.91. The maximum absolute atomic E-state index is 11.8. The molecule has 1 aromatic rings. The molecule has 0 aromatic heterocycles. The SMILES string of the molecule is O=C(CN1CCS(=O)(=O)CC1)Oc1ccc(C(=O)O)c([N+](=O)[O-])c1. The summed E-state index contributed by atoms with van der Waals surface area (Å²) in [6.45, 7) is 0.245. The molecule has 0 bridgehead atoms. The summed E-state index contributed by atoms with van der Waals surface area (Å²) in [7, 11) is -3.06. The number of rotatable bonds is 5. The summed E-state index contributed by atoms with van der Waals surface area (Å²) in [4.78, 5) is 34.4. The first kappa shape index (κ1) is 17.8. The number of benzene rings is 1. The number of nitro benzene ring substituents is 1. The number of aromatic carboxylic acids is 1. The van der Waals surface area contributed by atoms with E-state index in [-0.39, 0.29) is 36.9 Å². The summed E-state index contributed by atoms with van der Waals surface area (Å²) in [6.07, 6.45) is 0. The Balaban J connectivity index is 2.03. The van der Waals surface area contributed by atoms with Gasteiger partial charge in [0, 0.05) is 13.1 Å². The summed E-state index contributed by atoms with van der Waals surface area (Å²) in [6, 6.07) is 2.99. The molecule has 0 unspecified atom stereocenters. The van der Waals surface area contributed by atoms with Crippen molar-refractivity contribution in [2.75, 3.05) is 31.1 Å². The highest BCUT2D eigenvalue weighted by atomic mass is 32.2. The van der Waals surface area contributed by atoms with E-state index in [4.69, 9.17) is 9.84 Å². The molecule has 2 rings (SSSR count). The zero-order valence-electron chi connectivity index (χ0n) is 12.4. The van der Waals surface area contributed by atoms with Crippen LogP contribution >= 0.6 is 0 Å². The second-order valence-corrected chi connectivity index (χ2v) is 7.45. The summed E-state index contributed by atoms with van der Waals surface area (Å²) in [5.41, 5.74) is -1.20. The Hall–Kier alpha value is -2.53. The van der Waals surface area contributed by atoms with Crippen molar-refractivity contribution in [1.82, 2.24) is 4.90 Å². The van der Waals surface area contributed by atoms with Gasteiger partial charge in [-0.1, -0.05) is 0 Å². The van der Waals surface area contributed by atoms with Gasteiger partial charge < -0.3 is 9.84 Å². The molecule has 10 nitrogen and oxygen atoms in total. The average molecular weight is 358 g/mol. The smallest absolute Gasteiger partial charge is 0.342 e. The number of sulfone groups is 1. The third-order valence-electron chi connectivity index (χ3n) is 3.42. The van der Waals surface area contributed by atoms with E-state index in [2.05, 4.69) is 0 Å². The molecular formula is C13H14N2O8S. The quantitative estimate of drug-likeness (QED) is 0.331. The first-order valence-corrected chi connectivity index (χ1v) is 8.65. The molecule has 0 amide bonds. The highest BCUT2D eigenvalue weighted by Crippen LogP contribution is 2.25. The van der Waals surface area contributed by atoms with Crippen LogP contribution in [-0.4, -0.2) is 66.4 Å². The first-order valence-electron chi connectivity index (χ1n) is 6.83. The monoisotopic (exact) mass is 358 g/mol. The number of hydrogen-bond donors (Lipinski definition) is 1. The van der Waals surface area contributed by atoms with E-state index < -0.39 is 38.0 Å². The van der Waals surface area contributed by atoms with Gasteiger partial charge in [-0.2, -0.15) is 0 Å². The van der Waals surface area contributed by atoms with Gasteiger partial charge in [0.2, 0.25) is 0 Å². The van der Waals surface area contributed by atoms with Crippen molar-refractivity contribution < 1.29 is 32.8 Å². The molecule has 0 radical (unpaired) electrons. The lowest BCUT2D eigenvalue weighted by Gasteiger charge is -2.25. The van der Waals surface area contributed by atoms with Gasteiger partial charge in [0.05, 0.1) is 29.0 Å².